The fourth-order valence-corrected chi connectivity index (χ4v) is 0.799. The molecule has 0 aliphatic heterocycles. The zero-order chi connectivity index (χ0) is 12.1. The van der Waals surface area contributed by atoms with E-state index in [1.165, 1.54) is 0 Å². The number of hydrogen-bond acceptors (Lipinski definition) is 4. The van der Waals surface area contributed by atoms with Crippen molar-refractivity contribution in [3.8, 4) is 0 Å². The van der Waals surface area contributed by atoms with Crippen molar-refractivity contribution in [2.24, 2.45) is 0 Å². The van der Waals surface area contributed by atoms with Crippen LogP contribution in [-0.2, 0) is 14.3 Å². The summed E-state index contributed by atoms with van der Waals surface area (Å²) in [5, 5.41) is 2.37. The highest BCUT2D eigenvalue weighted by Crippen LogP contribution is 2.08. The van der Waals surface area contributed by atoms with Crippen LogP contribution in [0.15, 0.2) is 0 Å². The van der Waals surface area contributed by atoms with Crippen LogP contribution in [0.2, 0.25) is 0 Å². The van der Waals surface area contributed by atoms with Crippen molar-refractivity contribution < 1.29 is 19.1 Å². The number of esters is 1. The average Bonchev–Trinajstić information content (AvgIpc) is 2.00. The number of nitrogens with one attached hydrogen (secondary N) is 1. The molecule has 15 heavy (non-hydrogen) atoms. The van der Waals surface area contributed by atoms with Crippen LogP contribution in [0.1, 0.15) is 34.6 Å². The van der Waals surface area contributed by atoms with Crippen LogP contribution in [0.25, 0.3) is 0 Å². The molecule has 0 aromatic rings. The van der Waals surface area contributed by atoms with Gasteiger partial charge in [0.2, 0.25) is 0 Å². The van der Waals surface area contributed by atoms with Crippen molar-refractivity contribution in [2.75, 3.05) is 6.61 Å². The first-order chi connectivity index (χ1) is 6.76. The zero-order valence-corrected chi connectivity index (χ0v) is 9.92. The van der Waals surface area contributed by atoms with Gasteiger partial charge in [0.25, 0.3) is 0 Å². The van der Waals surface area contributed by atoms with Gasteiger partial charge in [0, 0.05) is 0 Å². The molecule has 0 spiro atoms. The molecule has 0 saturated heterocycles. The molecule has 1 amide bonds. The maximum Gasteiger partial charge on any atom is 0.407 e. The van der Waals surface area contributed by atoms with E-state index in [4.69, 9.17) is 4.74 Å². The minimum atomic E-state index is -0.705. The number of ether oxygens (including phenoxy) is 2. The zero-order valence-electron chi connectivity index (χ0n) is 9.92. The molecule has 0 radical (unpaired) electrons. The molecule has 88 valence electrons. The molecular weight excluding hydrogens is 198 g/mol. The Balaban J connectivity index is 4.05. The van der Waals surface area contributed by atoms with Crippen LogP contribution >= 0.6 is 0 Å². The summed E-state index contributed by atoms with van der Waals surface area (Å²) in [7, 11) is 0. The normalized spacial score (nSPS) is 12.9. The Morgan fingerprint density at radius 2 is 1.87 bits per heavy atom. The molecule has 0 aliphatic carbocycles. The highest BCUT2D eigenvalue weighted by atomic mass is 16.6. The second-order valence-electron chi connectivity index (χ2n) is 4.12. The molecule has 0 saturated carbocycles. The number of hydrogen-bond donors (Lipinski definition) is 1. The van der Waals surface area contributed by atoms with E-state index in [9.17, 15) is 9.59 Å². The van der Waals surface area contributed by atoms with E-state index >= 15 is 0 Å². The van der Waals surface area contributed by atoms with Crippen molar-refractivity contribution in [3.63, 3.8) is 0 Å². The maximum absolute atomic E-state index is 11.4. The molecule has 1 N–H and O–H groups in total. The van der Waals surface area contributed by atoms with Gasteiger partial charge in [-0.15, -0.1) is 0 Å². The fourth-order valence-electron chi connectivity index (χ4n) is 0.799. The van der Waals surface area contributed by atoms with Crippen LogP contribution in [-0.4, -0.2) is 30.3 Å². The summed E-state index contributed by atoms with van der Waals surface area (Å²) in [5.41, 5.74) is -0.554. The SMILES string of the molecule is CCOC(=O)NC(C)C(=O)OC(C)(C)C. The summed E-state index contributed by atoms with van der Waals surface area (Å²) in [5.74, 6) is -0.476. The minimum Gasteiger partial charge on any atom is -0.458 e. The number of alkyl carbamates (subject to hydrolysis) is 1. The number of carbonyl (C=O) groups is 2. The molecule has 5 heteroatoms. The Bertz CT molecular complexity index is 232. The largest absolute Gasteiger partial charge is 0.458 e. The van der Waals surface area contributed by atoms with E-state index < -0.39 is 23.7 Å². The molecule has 0 heterocycles. The summed E-state index contributed by atoms with van der Waals surface area (Å²) < 4.78 is 9.70. The number of amides is 1. The highest BCUT2D eigenvalue weighted by molar-refractivity contribution is 5.81. The second-order valence-corrected chi connectivity index (χ2v) is 4.12. The molecule has 0 aliphatic rings. The third-order valence-electron chi connectivity index (χ3n) is 1.37. The van der Waals surface area contributed by atoms with Gasteiger partial charge < -0.3 is 14.8 Å². The van der Waals surface area contributed by atoms with Crippen molar-refractivity contribution >= 4 is 12.1 Å². The van der Waals surface area contributed by atoms with E-state index in [0.29, 0.717) is 0 Å². The van der Waals surface area contributed by atoms with Gasteiger partial charge in [0.05, 0.1) is 6.61 Å². The van der Waals surface area contributed by atoms with Gasteiger partial charge in [-0.25, -0.2) is 9.59 Å². The smallest absolute Gasteiger partial charge is 0.407 e. The quantitative estimate of drug-likeness (QED) is 0.727. The van der Waals surface area contributed by atoms with Gasteiger partial charge in [-0.1, -0.05) is 0 Å². The third kappa shape index (κ3) is 6.76. The highest BCUT2D eigenvalue weighted by Gasteiger charge is 2.23. The molecule has 1 atom stereocenters. The van der Waals surface area contributed by atoms with Gasteiger partial charge in [-0.3, -0.25) is 0 Å². The first-order valence-corrected chi connectivity index (χ1v) is 4.92. The summed E-state index contributed by atoms with van der Waals surface area (Å²) in [6, 6.07) is -0.705. The predicted molar refractivity (Wildman–Crippen MR) is 55.5 cm³/mol. The Kier molecular flexibility index (Phi) is 5.11. The molecule has 0 fully saturated rings. The predicted octanol–water partition coefficient (Wildman–Crippen LogP) is 1.46. The maximum atomic E-state index is 11.4. The molecular formula is C10H19NO4. The molecule has 0 aromatic carbocycles. The first-order valence-electron chi connectivity index (χ1n) is 4.92. The monoisotopic (exact) mass is 217 g/mol. The topological polar surface area (TPSA) is 64.6 Å². The summed E-state index contributed by atoms with van der Waals surface area (Å²) in [6.07, 6.45) is -0.615. The van der Waals surface area contributed by atoms with Gasteiger partial charge in [0.1, 0.15) is 11.6 Å². The first kappa shape index (κ1) is 13.7. The standard InChI is InChI=1S/C10H19NO4/c1-6-14-9(13)11-7(2)8(12)15-10(3,4)5/h7H,6H2,1-5H3,(H,11,13). The lowest BCUT2D eigenvalue weighted by Gasteiger charge is -2.22. The summed E-state index contributed by atoms with van der Waals surface area (Å²) in [4.78, 5) is 22.4. The van der Waals surface area contributed by atoms with Crippen molar-refractivity contribution in [3.05, 3.63) is 0 Å². The van der Waals surface area contributed by atoms with Gasteiger partial charge in [-0.2, -0.15) is 0 Å². The van der Waals surface area contributed by atoms with Crippen molar-refractivity contribution in [2.45, 2.75) is 46.3 Å². The van der Waals surface area contributed by atoms with Crippen LogP contribution in [0, 0.1) is 0 Å². The van der Waals surface area contributed by atoms with Crippen molar-refractivity contribution in [1.82, 2.24) is 5.32 Å². The molecule has 1 unspecified atom stereocenters. The third-order valence-corrected chi connectivity index (χ3v) is 1.37. The number of rotatable bonds is 3. The van der Waals surface area contributed by atoms with Gasteiger partial charge >= 0.3 is 12.1 Å². The molecule has 0 bridgehead atoms. The lowest BCUT2D eigenvalue weighted by molar-refractivity contribution is -0.156. The second kappa shape index (κ2) is 5.58. The Labute approximate surface area is 90.1 Å². The van der Waals surface area contributed by atoms with Crippen LogP contribution < -0.4 is 5.32 Å². The van der Waals surface area contributed by atoms with Crippen LogP contribution in [0.4, 0.5) is 4.79 Å². The van der Waals surface area contributed by atoms with Crippen molar-refractivity contribution in [1.29, 1.82) is 0 Å². The number of carbonyl (C=O) groups excluding carboxylic acids is 2. The van der Waals surface area contributed by atoms with E-state index in [-0.39, 0.29) is 6.61 Å². The summed E-state index contributed by atoms with van der Waals surface area (Å²) >= 11 is 0. The summed E-state index contributed by atoms with van der Waals surface area (Å²) in [6.45, 7) is 8.81. The van der Waals surface area contributed by atoms with Gasteiger partial charge in [-0.05, 0) is 34.6 Å². The fraction of sp³-hybridized carbons (Fsp3) is 0.800. The Morgan fingerprint density at radius 1 is 1.33 bits per heavy atom. The molecule has 0 rings (SSSR count). The van der Waals surface area contributed by atoms with Crippen LogP contribution in [0.3, 0.4) is 0 Å². The molecule has 0 aromatic heterocycles. The average molecular weight is 217 g/mol. The Morgan fingerprint density at radius 3 is 2.27 bits per heavy atom. The van der Waals surface area contributed by atoms with Crippen LogP contribution in [0.5, 0.6) is 0 Å². The van der Waals surface area contributed by atoms with E-state index in [1.807, 2.05) is 0 Å². The lowest BCUT2D eigenvalue weighted by Crippen LogP contribution is -2.42. The molecule has 5 nitrogen and oxygen atoms in total. The van der Waals surface area contributed by atoms with E-state index in [1.54, 1.807) is 34.6 Å². The lowest BCUT2D eigenvalue weighted by atomic mass is 10.2. The minimum absolute atomic E-state index is 0.271. The Hall–Kier alpha value is -1.26. The van der Waals surface area contributed by atoms with E-state index in [2.05, 4.69) is 10.1 Å². The van der Waals surface area contributed by atoms with E-state index in [0.717, 1.165) is 0 Å². The van der Waals surface area contributed by atoms with Gasteiger partial charge in [0.15, 0.2) is 0 Å².